The maximum atomic E-state index is 12.4. The molecule has 1 aromatic heterocycles. The number of nitrogens with one attached hydrogen (secondary N) is 1. The highest BCUT2D eigenvalue weighted by Gasteiger charge is 2.23. The normalized spacial score (nSPS) is 14.3. The summed E-state index contributed by atoms with van der Waals surface area (Å²) in [5.74, 6) is 1.16. The summed E-state index contributed by atoms with van der Waals surface area (Å²) in [6.07, 6.45) is 0.790. The first kappa shape index (κ1) is 15.4. The van der Waals surface area contributed by atoms with Gasteiger partial charge in [-0.2, -0.15) is 0 Å². The van der Waals surface area contributed by atoms with Crippen LogP contribution in [0.4, 0.5) is 0 Å². The van der Waals surface area contributed by atoms with Gasteiger partial charge in [0.1, 0.15) is 4.88 Å². The van der Waals surface area contributed by atoms with Crippen LogP contribution in [0.2, 0.25) is 5.02 Å². The Hall–Kier alpha value is -1.50. The van der Waals surface area contributed by atoms with Gasteiger partial charge in [-0.15, -0.1) is 11.3 Å². The Kier molecular flexibility index (Phi) is 4.42. The number of rotatable bonds is 5. The second-order valence-electron chi connectivity index (χ2n) is 4.98. The lowest BCUT2D eigenvalue weighted by molar-refractivity contribution is 0.0899. The van der Waals surface area contributed by atoms with E-state index in [-0.39, 0.29) is 18.7 Å². The molecule has 7 heteroatoms. The van der Waals surface area contributed by atoms with Crippen molar-refractivity contribution < 1.29 is 19.0 Å². The van der Waals surface area contributed by atoms with Gasteiger partial charge in [0.15, 0.2) is 11.5 Å². The molecule has 2 heterocycles. The summed E-state index contributed by atoms with van der Waals surface area (Å²) in [5, 5.41) is 4.20. The fourth-order valence-electron chi connectivity index (χ4n) is 2.32. The van der Waals surface area contributed by atoms with Crippen LogP contribution in [0.5, 0.6) is 11.5 Å². The predicted octanol–water partition coefficient (Wildman–Crippen LogP) is 3.44. The number of methoxy groups -OCH3 is 1. The molecule has 0 bridgehead atoms. The van der Waals surface area contributed by atoms with Crippen LogP contribution in [-0.4, -0.2) is 32.5 Å². The zero-order valence-corrected chi connectivity index (χ0v) is 13.8. The average molecular weight is 342 g/mol. The smallest absolute Gasteiger partial charge is 0.263 e. The molecule has 2 aromatic rings. The Morgan fingerprint density at radius 3 is 2.86 bits per heavy atom. The summed E-state index contributed by atoms with van der Waals surface area (Å²) in [6, 6.07) is 3.65. The monoisotopic (exact) mass is 341 g/mol. The largest absolute Gasteiger partial charge is 0.454 e. The van der Waals surface area contributed by atoms with Crippen molar-refractivity contribution >= 4 is 38.9 Å². The highest BCUT2D eigenvalue weighted by atomic mass is 35.5. The molecule has 22 heavy (non-hydrogen) atoms. The number of carbonyl (C=O) groups is 1. The van der Waals surface area contributed by atoms with E-state index in [1.807, 2.05) is 19.1 Å². The third-order valence-corrected chi connectivity index (χ3v) is 5.18. The van der Waals surface area contributed by atoms with Gasteiger partial charge in [0.25, 0.3) is 5.91 Å². The molecule has 1 N–H and O–H groups in total. The van der Waals surface area contributed by atoms with Crippen molar-refractivity contribution in [3.8, 4) is 11.5 Å². The quantitative estimate of drug-likeness (QED) is 0.905. The molecule has 0 fully saturated rings. The molecular formula is C15H16ClNO4S. The molecule has 5 nitrogen and oxygen atoms in total. The van der Waals surface area contributed by atoms with Crippen LogP contribution in [0.25, 0.3) is 10.1 Å². The van der Waals surface area contributed by atoms with Crippen molar-refractivity contribution in [1.82, 2.24) is 5.32 Å². The lowest BCUT2D eigenvalue weighted by atomic mass is 10.2. The lowest BCUT2D eigenvalue weighted by Gasteiger charge is -2.15. The van der Waals surface area contributed by atoms with Gasteiger partial charge < -0.3 is 19.5 Å². The molecule has 0 saturated heterocycles. The molecule has 1 atom stereocenters. The maximum absolute atomic E-state index is 12.4. The number of thiophene rings is 1. The number of fused-ring (bicyclic) bond motifs is 2. The van der Waals surface area contributed by atoms with E-state index < -0.39 is 0 Å². The van der Waals surface area contributed by atoms with Gasteiger partial charge in [0.05, 0.1) is 17.7 Å². The molecular weight excluding hydrogens is 326 g/mol. The minimum atomic E-state index is -0.183. The van der Waals surface area contributed by atoms with Crippen molar-refractivity contribution in [1.29, 1.82) is 0 Å². The molecule has 0 saturated carbocycles. The molecule has 0 radical (unpaired) electrons. The lowest BCUT2D eigenvalue weighted by Crippen LogP contribution is -2.37. The average Bonchev–Trinajstić information content (AvgIpc) is 3.09. The molecule has 0 aliphatic carbocycles. The number of halogens is 1. The van der Waals surface area contributed by atoms with Crippen LogP contribution in [0.15, 0.2) is 12.1 Å². The van der Waals surface area contributed by atoms with E-state index >= 15 is 0 Å². The molecule has 1 aliphatic rings. The number of amides is 1. The summed E-state index contributed by atoms with van der Waals surface area (Å²) in [5.41, 5.74) is 0. The van der Waals surface area contributed by atoms with Gasteiger partial charge in [-0.25, -0.2) is 0 Å². The number of hydrogen-bond donors (Lipinski definition) is 1. The zero-order chi connectivity index (χ0) is 15.7. The maximum Gasteiger partial charge on any atom is 0.263 e. The van der Waals surface area contributed by atoms with E-state index in [0.29, 0.717) is 28.0 Å². The molecule has 118 valence electrons. The van der Waals surface area contributed by atoms with Gasteiger partial charge in [0, 0.05) is 23.3 Å². The SMILES string of the molecule is CC[C@H](COC)NC(=O)c1sc2cc3c(cc2c1Cl)OCO3. The van der Waals surface area contributed by atoms with Crippen LogP contribution in [0.1, 0.15) is 23.0 Å². The summed E-state index contributed by atoms with van der Waals surface area (Å²) >= 11 is 7.73. The van der Waals surface area contributed by atoms with Crippen molar-refractivity contribution in [3.63, 3.8) is 0 Å². The van der Waals surface area contributed by atoms with Gasteiger partial charge in [0.2, 0.25) is 6.79 Å². The Bertz CT molecular complexity index is 715. The molecule has 0 unspecified atom stereocenters. The number of ether oxygens (including phenoxy) is 3. The fraction of sp³-hybridized carbons (Fsp3) is 0.400. The van der Waals surface area contributed by atoms with Gasteiger partial charge in [-0.1, -0.05) is 18.5 Å². The van der Waals surface area contributed by atoms with Crippen LogP contribution >= 0.6 is 22.9 Å². The molecule has 1 aliphatic heterocycles. The Morgan fingerprint density at radius 2 is 2.18 bits per heavy atom. The third-order valence-electron chi connectivity index (χ3n) is 3.52. The predicted molar refractivity (Wildman–Crippen MR) is 86.4 cm³/mol. The molecule has 0 spiro atoms. The minimum Gasteiger partial charge on any atom is -0.454 e. The van der Waals surface area contributed by atoms with Crippen LogP contribution < -0.4 is 14.8 Å². The van der Waals surface area contributed by atoms with Gasteiger partial charge >= 0.3 is 0 Å². The highest BCUT2D eigenvalue weighted by Crippen LogP contribution is 2.43. The van der Waals surface area contributed by atoms with E-state index in [0.717, 1.165) is 16.5 Å². The zero-order valence-electron chi connectivity index (χ0n) is 12.3. The third kappa shape index (κ3) is 2.74. The van der Waals surface area contributed by atoms with Crippen molar-refractivity contribution in [2.45, 2.75) is 19.4 Å². The Balaban J connectivity index is 1.91. The van der Waals surface area contributed by atoms with Crippen molar-refractivity contribution in [2.75, 3.05) is 20.5 Å². The first-order chi connectivity index (χ1) is 10.6. The van der Waals surface area contributed by atoms with E-state index in [2.05, 4.69) is 5.32 Å². The Labute approximate surface area is 137 Å². The number of benzene rings is 1. The van der Waals surface area contributed by atoms with E-state index in [1.54, 1.807) is 7.11 Å². The molecule has 1 aromatic carbocycles. The van der Waals surface area contributed by atoms with Crippen LogP contribution in [0.3, 0.4) is 0 Å². The standard InChI is InChI=1S/C15H16ClNO4S/c1-3-8(6-19-2)17-15(18)14-13(16)9-4-10-11(21-7-20-10)5-12(9)22-14/h4-5,8H,3,6-7H2,1-2H3,(H,17,18)/t8-/m1/s1. The van der Waals surface area contributed by atoms with Gasteiger partial charge in [-0.05, 0) is 12.5 Å². The van der Waals surface area contributed by atoms with E-state index in [1.165, 1.54) is 11.3 Å². The highest BCUT2D eigenvalue weighted by molar-refractivity contribution is 7.21. The summed E-state index contributed by atoms with van der Waals surface area (Å²) < 4.78 is 16.7. The minimum absolute atomic E-state index is 0.0320. The summed E-state index contributed by atoms with van der Waals surface area (Å²) in [4.78, 5) is 12.9. The van der Waals surface area contributed by atoms with E-state index in [9.17, 15) is 4.79 Å². The number of hydrogen-bond acceptors (Lipinski definition) is 5. The molecule has 3 rings (SSSR count). The van der Waals surface area contributed by atoms with Crippen LogP contribution in [-0.2, 0) is 4.74 Å². The van der Waals surface area contributed by atoms with Crippen molar-refractivity contribution in [3.05, 3.63) is 22.0 Å². The van der Waals surface area contributed by atoms with Crippen LogP contribution in [0, 0.1) is 0 Å². The topological polar surface area (TPSA) is 56.8 Å². The summed E-state index contributed by atoms with van der Waals surface area (Å²) in [7, 11) is 1.61. The second-order valence-corrected chi connectivity index (χ2v) is 6.41. The fourth-order valence-corrected chi connectivity index (χ4v) is 3.74. The Morgan fingerprint density at radius 1 is 1.45 bits per heavy atom. The van der Waals surface area contributed by atoms with Gasteiger partial charge in [-0.3, -0.25) is 4.79 Å². The molecule has 1 amide bonds. The van der Waals surface area contributed by atoms with E-state index in [4.69, 9.17) is 25.8 Å². The second kappa shape index (κ2) is 6.32. The number of carbonyl (C=O) groups excluding carboxylic acids is 1. The first-order valence-electron chi connectivity index (χ1n) is 6.95. The van der Waals surface area contributed by atoms with Crippen molar-refractivity contribution in [2.24, 2.45) is 0 Å². The first-order valence-corrected chi connectivity index (χ1v) is 8.15. The summed E-state index contributed by atoms with van der Waals surface area (Å²) in [6.45, 7) is 2.68.